The molecule has 2 rings (SSSR count). The van der Waals surface area contributed by atoms with Gasteiger partial charge in [-0.3, -0.25) is 0 Å². The highest BCUT2D eigenvalue weighted by Gasteiger charge is 2.30. The minimum absolute atomic E-state index is 0.905. The largest absolute Gasteiger partial charge is 0.144 e. The van der Waals surface area contributed by atoms with Gasteiger partial charge in [-0.25, -0.2) is 0 Å². The van der Waals surface area contributed by atoms with Gasteiger partial charge >= 0.3 is 0 Å². The van der Waals surface area contributed by atoms with Crippen molar-refractivity contribution in [2.75, 3.05) is 0 Å². The van der Waals surface area contributed by atoms with E-state index in [1.54, 1.807) is 0 Å². The van der Waals surface area contributed by atoms with Crippen LogP contribution in [0, 0.1) is 11.8 Å². The fourth-order valence-electron chi connectivity index (χ4n) is 2.86. The van der Waals surface area contributed by atoms with Crippen LogP contribution in [0.25, 0.3) is 0 Å². The highest BCUT2D eigenvalue weighted by molar-refractivity contribution is 6.59. The Balaban J connectivity index is 1.98. The van der Waals surface area contributed by atoms with Crippen LogP contribution in [-0.4, -0.2) is 6.71 Å². The molecule has 2 atom stereocenters. The van der Waals surface area contributed by atoms with E-state index in [-0.39, 0.29) is 0 Å². The molecule has 0 spiro atoms. The van der Waals surface area contributed by atoms with Gasteiger partial charge in [0.1, 0.15) is 6.71 Å². The van der Waals surface area contributed by atoms with Gasteiger partial charge in [0, 0.05) is 0 Å². The van der Waals surface area contributed by atoms with E-state index in [2.05, 4.69) is 24.8 Å². The summed E-state index contributed by atoms with van der Waals surface area (Å²) in [6.07, 6.45) is 13.8. The van der Waals surface area contributed by atoms with E-state index < -0.39 is 0 Å². The molecule has 0 radical (unpaired) electrons. The summed E-state index contributed by atoms with van der Waals surface area (Å²) in [5, 5.41) is 0. The van der Waals surface area contributed by atoms with Gasteiger partial charge in [-0.2, -0.15) is 0 Å². The van der Waals surface area contributed by atoms with Crippen LogP contribution in [0.3, 0.4) is 0 Å². The molecule has 2 bridgehead atoms. The summed E-state index contributed by atoms with van der Waals surface area (Å²) in [5.41, 5.74) is 0. The third kappa shape index (κ3) is 1.65. The second kappa shape index (κ2) is 3.51. The summed E-state index contributed by atoms with van der Waals surface area (Å²) in [5.74, 6) is 1.90. The van der Waals surface area contributed by atoms with Crippen molar-refractivity contribution >= 4 is 6.71 Å². The van der Waals surface area contributed by atoms with Crippen LogP contribution < -0.4 is 0 Å². The predicted molar refractivity (Wildman–Crippen MR) is 55.7 cm³/mol. The zero-order valence-corrected chi connectivity index (χ0v) is 7.71. The van der Waals surface area contributed by atoms with Crippen molar-refractivity contribution < 1.29 is 0 Å². The highest BCUT2D eigenvalue weighted by atomic mass is 14.2. The lowest BCUT2D eigenvalue weighted by Crippen LogP contribution is -2.28. The van der Waals surface area contributed by atoms with Crippen LogP contribution in [0.5, 0.6) is 0 Å². The van der Waals surface area contributed by atoms with Crippen LogP contribution >= 0.6 is 0 Å². The minimum Gasteiger partial charge on any atom is -0.104 e. The first-order valence-corrected chi connectivity index (χ1v) is 5.16. The third-order valence-electron chi connectivity index (χ3n) is 3.32. The highest BCUT2D eigenvalue weighted by Crippen LogP contribution is 2.37. The Hall–Kier alpha value is -0.455. The number of allylic oxidation sites excluding steroid dienone is 3. The average Bonchev–Trinajstić information content (AvgIpc) is 2.04. The van der Waals surface area contributed by atoms with Gasteiger partial charge in [-0.05, 0) is 24.7 Å². The van der Waals surface area contributed by atoms with Gasteiger partial charge in [0.25, 0.3) is 0 Å². The smallest absolute Gasteiger partial charge is 0.104 e. The van der Waals surface area contributed by atoms with Gasteiger partial charge < -0.3 is 0 Å². The lowest BCUT2D eigenvalue weighted by atomic mass is 9.35. The number of hydrogen-bond acceptors (Lipinski definition) is 0. The molecule has 1 aliphatic heterocycles. The van der Waals surface area contributed by atoms with Crippen LogP contribution in [0.2, 0.25) is 19.0 Å². The molecule has 1 heterocycles. The molecule has 0 nitrogen and oxygen atoms in total. The molecule has 0 aromatic rings. The van der Waals surface area contributed by atoms with Crippen LogP contribution in [0.4, 0.5) is 0 Å². The van der Waals surface area contributed by atoms with Gasteiger partial charge in [0.15, 0.2) is 0 Å². The maximum atomic E-state index is 3.83. The quantitative estimate of drug-likeness (QED) is 0.429. The Morgan fingerprint density at radius 3 is 3.17 bits per heavy atom. The van der Waals surface area contributed by atoms with Gasteiger partial charge in [-0.1, -0.05) is 37.2 Å². The first kappa shape index (κ1) is 8.16. The molecule has 1 heteroatoms. The molecule has 1 fully saturated rings. The summed E-state index contributed by atoms with van der Waals surface area (Å²) in [6.45, 7) is 4.77. The van der Waals surface area contributed by atoms with Crippen molar-refractivity contribution in [2.24, 2.45) is 11.8 Å². The Labute approximate surface area is 75.8 Å². The molecule has 2 unspecified atom stereocenters. The van der Waals surface area contributed by atoms with E-state index >= 15 is 0 Å². The van der Waals surface area contributed by atoms with E-state index in [9.17, 15) is 0 Å². The van der Waals surface area contributed by atoms with E-state index in [0.29, 0.717) is 0 Å². The third-order valence-corrected chi connectivity index (χ3v) is 3.32. The summed E-state index contributed by atoms with van der Waals surface area (Å²) >= 11 is 0. The Bertz CT molecular complexity index is 195. The van der Waals surface area contributed by atoms with E-state index in [1.807, 2.05) is 0 Å². The summed E-state index contributed by atoms with van der Waals surface area (Å²) in [4.78, 5) is 0. The molecule has 0 N–H and O–H groups in total. The summed E-state index contributed by atoms with van der Waals surface area (Å²) in [7, 11) is 0. The predicted octanol–water partition coefficient (Wildman–Crippen LogP) is 3.26. The second-order valence-electron chi connectivity index (χ2n) is 4.39. The molecular weight excluding hydrogens is 143 g/mol. The first-order chi connectivity index (χ1) is 5.88. The van der Waals surface area contributed by atoms with Gasteiger partial charge in [-0.15, -0.1) is 6.58 Å². The molecule has 0 aromatic carbocycles. The molecule has 1 aliphatic carbocycles. The monoisotopic (exact) mass is 160 g/mol. The normalized spacial score (nSPS) is 33.5. The van der Waals surface area contributed by atoms with Crippen LogP contribution in [-0.2, 0) is 0 Å². The average molecular weight is 160 g/mol. The van der Waals surface area contributed by atoms with Crippen molar-refractivity contribution in [1.82, 2.24) is 0 Å². The maximum Gasteiger partial charge on any atom is 0.144 e. The number of rotatable bonds is 2. The molecule has 0 aromatic heterocycles. The lowest BCUT2D eigenvalue weighted by molar-refractivity contribution is 0.421. The maximum absolute atomic E-state index is 3.83. The van der Waals surface area contributed by atoms with Crippen molar-refractivity contribution in [3.8, 4) is 0 Å². The zero-order valence-electron chi connectivity index (χ0n) is 7.71. The Morgan fingerprint density at radius 2 is 2.42 bits per heavy atom. The van der Waals surface area contributed by atoms with Crippen LogP contribution in [0.1, 0.15) is 12.8 Å². The Kier molecular flexibility index (Phi) is 2.39. The minimum atomic E-state index is 0.905. The zero-order chi connectivity index (χ0) is 8.39. The van der Waals surface area contributed by atoms with E-state index in [4.69, 9.17) is 0 Å². The molecule has 64 valence electrons. The van der Waals surface area contributed by atoms with E-state index in [0.717, 1.165) is 18.5 Å². The first-order valence-electron chi connectivity index (χ1n) is 5.16. The van der Waals surface area contributed by atoms with Crippen LogP contribution in [0.15, 0.2) is 24.8 Å². The second-order valence-corrected chi connectivity index (χ2v) is 4.39. The molecule has 1 saturated heterocycles. The molecule has 12 heavy (non-hydrogen) atoms. The number of fused-ring (bicyclic) bond motifs is 2. The van der Waals surface area contributed by atoms with Crippen molar-refractivity contribution in [3.63, 3.8) is 0 Å². The van der Waals surface area contributed by atoms with E-state index in [1.165, 1.54) is 31.8 Å². The number of hydrogen-bond donors (Lipinski definition) is 0. The standard InChI is InChI=1S/C11H17B/c1-2-6-12-8-10-4-3-5-11(7-10)9-12/h2-4,10-11H,1,5-9H2. The lowest BCUT2D eigenvalue weighted by Gasteiger charge is -2.34. The van der Waals surface area contributed by atoms with Gasteiger partial charge in [0.05, 0.1) is 0 Å². The topological polar surface area (TPSA) is 0 Å². The summed E-state index contributed by atoms with van der Waals surface area (Å²) in [6, 6.07) is 0. The molecule has 0 amide bonds. The molecule has 0 saturated carbocycles. The molecular formula is C11H17B. The fourth-order valence-corrected chi connectivity index (χ4v) is 2.86. The fraction of sp³-hybridized carbons (Fsp3) is 0.636. The molecule has 2 aliphatic rings. The summed E-state index contributed by atoms with van der Waals surface area (Å²) < 4.78 is 0. The van der Waals surface area contributed by atoms with Crippen molar-refractivity contribution in [1.29, 1.82) is 0 Å². The van der Waals surface area contributed by atoms with Crippen molar-refractivity contribution in [3.05, 3.63) is 24.8 Å². The van der Waals surface area contributed by atoms with Crippen molar-refractivity contribution in [2.45, 2.75) is 31.8 Å². The Morgan fingerprint density at radius 1 is 1.50 bits per heavy atom. The van der Waals surface area contributed by atoms with Gasteiger partial charge in [0.2, 0.25) is 0 Å². The SMILES string of the molecule is C=CCB1CC2C=CCC(C1)C2.